The van der Waals surface area contributed by atoms with Gasteiger partial charge in [0.1, 0.15) is 11.4 Å². The fourth-order valence-electron chi connectivity index (χ4n) is 2.16. The quantitative estimate of drug-likeness (QED) is 0.652. The Kier molecular flexibility index (Phi) is 2.43. The van der Waals surface area contributed by atoms with Crippen LogP contribution in [-0.2, 0) is 7.05 Å². The Morgan fingerprint density at radius 3 is 2.90 bits per heavy atom. The number of aryl methyl sites for hydroxylation is 1. The van der Waals surface area contributed by atoms with Crippen LogP contribution in [0.4, 0.5) is 17.1 Å². The molecule has 0 saturated heterocycles. The van der Waals surface area contributed by atoms with Gasteiger partial charge < -0.3 is 4.57 Å². The molecule has 0 amide bonds. The van der Waals surface area contributed by atoms with E-state index in [1.54, 1.807) is 11.3 Å². The monoisotopic (exact) mass is 280 g/mol. The molecule has 97 valence electrons. The Morgan fingerprint density at radius 2 is 2.00 bits per heavy atom. The lowest BCUT2D eigenvalue weighted by Crippen LogP contribution is -2.08. The van der Waals surface area contributed by atoms with Gasteiger partial charge in [0.05, 0.1) is 15.9 Å². The van der Waals surface area contributed by atoms with Crippen molar-refractivity contribution in [2.45, 2.75) is 0 Å². The third kappa shape index (κ3) is 1.73. The summed E-state index contributed by atoms with van der Waals surface area (Å²) in [4.78, 5) is 5.65. The van der Waals surface area contributed by atoms with Gasteiger partial charge in [-0.3, -0.25) is 0 Å². The van der Waals surface area contributed by atoms with E-state index in [9.17, 15) is 0 Å². The predicted octanol–water partition coefficient (Wildman–Crippen LogP) is 3.72. The van der Waals surface area contributed by atoms with Crippen LogP contribution in [0.25, 0.3) is 10.2 Å². The van der Waals surface area contributed by atoms with Crippen LogP contribution in [0, 0.1) is 0 Å². The van der Waals surface area contributed by atoms with E-state index >= 15 is 0 Å². The Bertz CT molecular complexity index is 903. The summed E-state index contributed by atoms with van der Waals surface area (Å²) in [5.74, 6) is 0. The smallest absolute Gasteiger partial charge is 0.190 e. The molecule has 1 aliphatic heterocycles. The van der Waals surface area contributed by atoms with Gasteiger partial charge in [0.25, 0.3) is 0 Å². The van der Waals surface area contributed by atoms with Crippen LogP contribution in [0.1, 0.15) is 0 Å². The zero-order valence-corrected chi connectivity index (χ0v) is 11.5. The van der Waals surface area contributed by atoms with Gasteiger partial charge in [0.2, 0.25) is 0 Å². The number of nitrogens with zero attached hydrogens (tertiary/aromatic N) is 5. The maximum atomic E-state index is 4.69. The minimum atomic E-state index is 0.773. The van der Waals surface area contributed by atoms with Gasteiger partial charge in [-0.05, 0) is 35.6 Å². The normalized spacial score (nSPS) is 13.8. The van der Waals surface area contributed by atoms with Gasteiger partial charge in [-0.15, -0.1) is 10.5 Å². The third-order valence-corrected chi connectivity index (χ3v) is 4.32. The van der Waals surface area contributed by atoms with Crippen molar-refractivity contribution < 1.29 is 0 Å². The fraction of sp³-hybridized carbons (Fsp3) is 0.0714. The van der Waals surface area contributed by atoms with Crippen molar-refractivity contribution in [3.05, 3.63) is 47.3 Å². The van der Waals surface area contributed by atoms with Gasteiger partial charge in [-0.2, -0.15) is 0 Å². The van der Waals surface area contributed by atoms with Gasteiger partial charge in [-0.1, -0.05) is 23.5 Å². The summed E-state index contributed by atoms with van der Waals surface area (Å²) in [7, 11) is 2.03. The van der Waals surface area contributed by atoms with Crippen LogP contribution in [0.15, 0.2) is 57.8 Å². The zero-order chi connectivity index (χ0) is 13.5. The first-order valence-corrected chi connectivity index (χ1v) is 6.98. The van der Waals surface area contributed by atoms with Gasteiger partial charge >= 0.3 is 0 Å². The molecule has 0 bridgehead atoms. The lowest BCUT2D eigenvalue weighted by atomic mass is 10.2. The molecule has 0 saturated carbocycles. The molecule has 5 nitrogen and oxygen atoms in total. The predicted molar refractivity (Wildman–Crippen MR) is 78.8 cm³/mol. The molecule has 2 aromatic carbocycles. The van der Waals surface area contributed by atoms with E-state index in [0.29, 0.717) is 0 Å². The van der Waals surface area contributed by atoms with Crippen molar-refractivity contribution in [3.8, 4) is 0 Å². The molecule has 0 spiro atoms. The zero-order valence-electron chi connectivity index (χ0n) is 10.7. The van der Waals surface area contributed by atoms with E-state index in [1.807, 2.05) is 37.4 Å². The molecule has 1 aromatic heterocycles. The number of para-hydroxylation sites is 1. The van der Waals surface area contributed by atoms with Crippen molar-refractivity contribution in [2.24, 2.45) is 22.4 Å². The molecule has 2 heterocycles. The largest absolute Gasteiger partial charge is 0.320 e. The summed E-state index contributed by atoms with van der Waals surface area (Å²) in [6.45, 7) is 0. The highest BCUT2D eigenvalue weighted by Crippen LogP contribution is 2.33. The Hall–Kier alpha value is -2.47. The highest BCUT2D eigenvalue weighted by Gasteiger charge is 2.09. The second-order valence-corrected chi connectivity index (χ2v) is 5.49. The van der Waals surface area contributed by atoms with Gasteiger partial charge in [0, 0.05) is 7.05 Å². The highest BCUT2D eigenvalue weighted by atomic mass is 32.1. The number of benzene rings is 2. The van der Waals surface area contributed by atoms with Crippen molar-refractivity contribution in [3.63, 3.8) is 0 Å². The summed E-state index contributed by atoms with van der Waals surface area (Å²) in [5, 5.41) is 7.57. The van der Waals surface area contributed by atoms with E-state index in [4.69, 9.17) is 4.99 Å². The summed E-state index contributed by atoms with van der Waals surface area (Å²) >= 11 is 1.67. The number of rotatable bonds is 1. The van der Waals surface area contributed by atoms with Crippen molar-refractivity contribution >= 4 is 38.6 Å². The number of hydrogen-bond donors (Lipinski definition) is 0. The molecule has 1 radical (unpaired) electrons. The summed E-state index contributed by atoms with van der Waals surface area (Å²) < 4.78 is 3.32. The Labute approximate surface area is 118 Å². The van der Waals surface area contributed by atoms with Crippen LogP contribution in [0.3, 0.4) is 0 Å². The molecule has 0 fully saturated rings. The molecular formula is C14H10N5S. The standard InChI is InChI=1S/C14H10N5S/c1-19-12-4-2-3-5-13(12)20-14(19)15-9-6-7-10-11(8-9)17-18-16-10/h2-8H,1H3. The Balaban J connectivity index is 1.88. The molecule has 20 heavy (non-hydrogen) atoms. The molecule has 0 atom stereocenters. The van der Waals surface area contributed by atoms with Crippen LogP contribution < -0.4 is 10.2 Å². The van der Waals surface area contributed by atoms with Gasteiger partial charge in [-0.25, -0.2) is 4.99 Å². The lowest BCUT2D eigenvalue weighted by Gasteiger charge is -1.97. The van der Waals surface area contributed by atoms with Crippen LogP contribution in [-0.4, -0.2) is 4.57 Å². The average Bonchev–Trinajstić information content (AvgIpc) is 3.05. The fourth-order valence-corrected chi connectivity index (χ4v) is 3.20. The lowest BCUT2D eigenvalue weighted by molar-refractivity contribution is 0.910. The van der Waals surface area contributed by atoms with E-state index in [2.05, 4.69) is 32.5 Å². The molecular weight excluding hydrogens is 270 g/mol. The van der Waals surface area contributed by atoms with E-state index in [1.165, 1.54) is 10.2 Å². The molecule has 4 rings (SSSR count). The number of aromatic nitrogens is 1. The minimum absolute atomic E-state index is 0.773. The maximum Gasteiger partial charge on any atom is 0.190 e. The van der Waals surface area contributed by atoms with Crippen molar-refractivity contribution in [1.29, 1.82) is 0 Å². The first kappa shape index (κ1) is 11.4. The number of hydrogen-bond acceptors (Lipinski definition) is 4. The van der Waals surface area contributed by atoms with E-state index < -0.39 is 0 Å². The van der Waals surface area contributed by atoms with Crippen LogP contribution >= 0.6 is 11.3 Å². The molecule has 1 aliphatic rings. The topological polar surface area (TPSA) is 56.1 Å². The van der Waals surface area contributed by atoms with Crippen LogP contribution in [0.2, 0.25) is 0 Å². The molecule has 0 aliphatic carbocycles. The molecule has 0 N–H and O–H groups in total. The maximum absolute atomic E-state index is 4.69. The number of fused-ring (bicyclic) bond motifs is 2. The van der Waals surface area contributed by atoms with Crippen molar-refractivity contribution in [2.75, 3.05) is 0 Å². The van der Waals surface area contributed by atoms with E-state index in [0.717, 1.165) is 21.9 Å². The first-order valence-electron chi connectivity index (χ1n) is 6.16. The summed E-state index contributed by atoms with van der Waals surface area (Å²) in [5.41, 5.74) is 7.58. The van der Waals surface area contributed by atoms with Crippen molar-refractivity contribution in [1.82, 2.24) is 9.99 Å². The molecule has 3 aromatic rings. The van der Waals surface area contributed by atoms with Gasteiger partial charge in [0.15, 0.2) is 4.80 Å². The highest BCUT2D eigenvalue weighted by molar-refractivity contribution is 7.16. The first-order chi connectivity index (χ1) is 9.81. The molecule has 0 unspecified atom stereocenters. The summed E-state index contributed by atoms with van der Waals surface area (Å²) in [6.07, 6.45) is 0. The average molecular weight is 280 g/mol. The SMILES string of the molecule is Cn1c(=Nc2ccc3c(c2)[N]N=N3)sc2ccccc21. The molecule has 6 heteroatoms. The van der Waals surface area contributed by atoms with Crippen LogP contribution in [0.5, 0.6) is 0 Å². The second-order valence-electron chi connectivity index (χ2n) is 4.49. The Morgan fingerprint density at radius 1 is 1.10 bits per heavy atom. The second kappa shape index (κ2) is 4.28. The van der Waals surface area contributed by atoms with E-state index in [-0.39, 0.29) is 0 Å². The summed E-state index contributed by atoms with van der Waals surface area (Å²) in [6, 6.07) is 14.0. The third-order valence-electron chi connectivity index (χ3n) is 3.20. The minimum Gasteiger partial charge on any atom is -0.320 e. The number of thiazole rings is 1.